The van der Waals surface area contributed by atoms with Gasteiger partial charge < -0.3 is 0 Å². The second-order valence-electron chi connectivity index (χ2n) is 4.09. The number of rotatable bonds is 3. The van der Waals surface area contributed by atoms with Crippen LogP contribution in [0.1, 0.15) is 21.5 Å². The van der Waals surface area contributed by atoms with Crippen molar-refractivity contribution in [3.63, 3.8) is 0 Å². The standard InChI is InChI=1S/C15H15OP.Li/c1-11-7-6-8-12(2)14(11)15(16)17-13-9-4-3-5-10-13;/h3-10,17H,1-2H3;. The van der Waals surface area contributed by atoms with Crippen LogP contribution in [0.4, 0.5) is 0 Å². The van der Waals surface area contributed by atoms with E-state index in [-0.39, 0.29) is 33.0 Å². The van der Waals surface area contributed by atoms with Gasteiger partial charge in [0.2, 0.25) is 0 Å². The van der Waals surface area contributed by atoms with Crippen molar-refractivity contribution in [1.29, 1.82) is 0 Å². The molecule has 0 aliphatic carbocycles. The largest absolute Gasteiger partial charge is 0.289 e. The topological polar surface area (TPSA) is 17.1 Å². The second-order valence-corrected chi connectivity index (χ2v) is 5.37. The summed E-state index contributed by atoms with van der Waals surface area (Å²) in [5, 5.41) is 1.10. The van der Waals surface area contributed by atoms with E-state index in [0.29, 0.717) is 0 Å². The maximum absolute atomic E-state index is 12.3. The van der Waals surface area contributed by atoms with Gasteiger partial charge >= 0.3 is 0 Å². The molecule has 1 unspecified atom stereocenters. The molecule has 2 rings (SSSR count). The minimum Gasteiger partial charge on any atom is -0.289 e. The van der Waals surface area contributed by atoms with Gasteiger partial charge in [0.15, 0.2) is 5.52 Å². The van der Waals surface area contributed by atoms with Gasteiger partial charge in [-0.05, 0) is 38.9 Å². The summed E-state index contributed by atoms with van der Waals surface area (Å²) in [6, 6.07) is 15.9. The van der Waals surface area contributed by atoms with E-state index in [1.807, 2.05) is 62.4 Å². The molecule has 0 aromatic heterocycles. The van der Waals surface area contributed by atoms with Gasteiger partial charge in [0.05, 0.1) is 0 Å². The Bertz CT molecular complexity index is 517. The number of carbonyl (C=O) groups excluding carboxylic acids is 1. The van der Waals surface area contributed by atoms with E-state index in [0.717, 1.165) is 22.0 Å². The molecule has 0 fully saturated rings. The van der Waals surface area contributed by atoms with Crippen LogP contribution in [0.2, 0.25) is 0 Å². The molecule has 0 spiro atoms. The molecular formula is C15H15LiOP. The Hall–Kier alpha value is -0.863. The minimum absolute atomic E-state index is 0. The van der Waals surface area contributed by atoms with Gasteiger partial charge in [-0.2, -0.15) is 0 Å². The van der Waals surface area contributed by atoms with E-state index in [4.69, 9.17) is 0 Å². The van der Waals surface area contributed by atoms with Gasteiger partial charge in [0.1, 0.15) is 0 Å². The van der Waals surface area contributed by atoms with Crippen molar-refractivity contribution in [3.8, 4) is 0 Å². The first-order chi connectivity index (χ1) is 8.18. The van der Waals surface area contributed by atoms with Crippen molar-refractivity contribution in [2.45, 2.75) is 13.8 Å². The molecule has 0 amide bonds. The maximum atomic E-state index is 12.3. The van der Waals surface area contributed by atoms with Gasteiger partial charge in [0, 0.05) is 24.4 Å². The van der Waals surface area contributed by atoms with Gasteiger partial charge in [-0.25, -0.2) is 0 Å². The summed E-state index contributed by atoms with van der Waals surface area (Å²) in [5.41, 5.74) is 3.25. The molecule has 0 heterocycles. The zero-order valence-corrected chi connectivity index (χ0v) is 12.0. The molecule has 1 nitrogen and oxygen atoms in total. The summed E-state index contributed by atoms with van der Waals surface area (Å²) in [4.78, 5) is 12.3. The van der Waals surface area contributed by atoms with Crippen LogP contribution >= 0.6 is 8.58 Å². The molecule has 18 heavy (non-hydrogen) atoms. The van der Waals surface area contributed by atoms with Crippen LogP contribution in [0.25, 0.3) is 0 Å². The Labute approximate surface area is 122 Å². The molecule has 0 N–H and O–H groups in total. The fourth-order valence-electron chi connectivity index (χ4n) is 1.89. The average molecular weight is 249 g/mol. The molecular weight excluding hydrogens is 234 g/mol. The molecule has 0 bridgehead atoms. The summed E-state index contributed by atoms with van der Waals surface area (Å²) < 4.78 is 0. The smallest absolute Gasteiger partial charge is 0.186 e. The number of carbonyl (C=O) groups is 1. The third-order valence-electron chi connectivity index (χ3n) is 2.74. The molecule has 0 aliphatic heterocycles. The first-order valence-corrected chi connectivity index (χ1v) is 6.61. The van der Waals surface area contributed by atoms with Gasteiger partial charge in [0.25, 0.3) is 0 Å². The molecule has 87 valence electrons. The van der Waals surface area contributed by atoms with Crippen molar-refractivity contribution < 1.29 is 4.79 Å². The van der Waals surface area contributed by atoms with E-state index < -0.39 is 0 Å². The van der Waals surface area contributed by atoms with E-state index >= 15 is 0 Å². The van der Waals surface area contributed by atoms with Crippen molar-refractivity contribution in [3.05, 3.63) is 65.2 Å². The Balaban J connectivity index is 0.00000162. The van der Waals surface area contributed by atoms with Crippen molar-refractivity contribution in [1.82, 2.24) is 0 Å². The van der Waals surface area contributed by atoms with Crippen LogP contribution in [0, 0.1) is 13.8 Å². The average Bonchev–Trinajstić information content (AvgIpc) is 2.30. The molecule has 2 aromatic carbocycles. The summed E-state index contributed by atoms with van der Waals surface area (Å²) in [7, 11) is 0.210. The second kappa shape index (κ2) is 6.91. The molecule has 1 atom stereocenters. The Kier molecular flexibility index (Phi) is 5.83. The maximum Gasteiger partial charge on any atom is 0.186 e. The van der Waals surface area contributed by atoms with E-state index in [2.05, 4.69) is 0 Å². The van der Waals surface area contributed by atoms with E-state index in [1.165, 1.54) is 0 Å². The zero-order chi connectivity index (χ0) is 12.3. The Morgan fingerprint density at radius 2 is 1.44 bits per heavy atom. The van der Waals surface area contributed by atoms with Crippen LogP contribution in [-0.4, -0.2) is 24.4 Å². The van der Waals surface area contributed by atoms with E-state index in [9.17, 15) is 4.79 Å². The number of hydrogen-bond acceptors (Lipinski definition) is 1. The fourth-order valence-corrected chi connectivity index (χ4v) is 3.03. The number of benzene rings is 2. The van der Waals surface area contributed by atoms with Crippen LogP contribution < -0.4 is 5.30 Å². The normalized spacial score (nSPS) is 10.3. The molecule has 2 aromatic rings. The molecule has 1 radical (unpaired) electrons. The van der Waals surface area contributed by atoms with Gasteiger partial charge in [-0.3, -0.25) is 4.79 Å². The summed E-state index contributed by atoms with van der Waals surface area (Å²) in [6.45, 7) is 3.99. The van der Waals surface area contributed by atoms with Crippen LogP contribution in [0.3, 0.4) is 0 Å². The quantitative estimate of drug-likeness (QED) is 0.603. The summed E-state index contributed by atoms with van der Waals surface area (Å²) >= 11 is 0. The van der Waals surface area contributed by atoms with Gasteiger partial charge in [-0.1, -0.05) is 48.5 Å². The first kappa shape index (κ1) is 15.2. The monoisotopic (exact) mass is 249 g/mol. The van der Waals surface area contributed by atoms with Crippen LogP contribution in [0.5, 0.6) is 0 Å². The van der Waals surface area contributed by atoms with Crippen LogP contribution in [-0.2, 0) is 0 Å². The third-order valence-corrected chi connectivity index (χ3v) is 3.84. The first-order valence-electron chi connectivity index (χ1n) is 5.61. The third kappa shape index (κ3) is 3.56. The fraction of sp³-hybridized carbons (Fsp3) is 0.133. The number of aryl methyl sites for hydroxylation is 2. The Morgan fingerprint density at radius 3 is 2.00 bits per heavy atom. The van der Waals surface area contributed by atoms with Crippen molar-refractivity contribution >= 4 is 38.3 Å². The molecule has 0 saturated heterocycles. The molecule has 0 saturated carbocycles. The Morgan fingerprint density at radius 1 is 0.889 bits per heavy atom. The summed E-state index contributed by atoms with van der Waals surface area (Å²) in [5.74, 6) is 0. The van der Waals surface area contributed by atoms with Crippen molar-refractivity contribution in [2.24, 2.45) is 0 Å². The SMILES string of the molecule is Cc1cccc(C)c1C(=O)Pc1ccccc1.[Li]. The molecule has 0 aliphatic rings. The minimum atomic E-state index is 0. The van der Waals surface area contributed by atoms with Crippen LogP contribution in [0.15, 0.2) is 48.5 Å². The molecule has 3 heteroatoms. The van der Waals surface area contributed by atoms with Crippen molar-refractivity contribution in [2.75, 3.05) is 0 Å². The predicted molar refractivity (Wildman–Crippen MR) is 80.4 cm³/mol. The predicted octanol–water partition coefficient (Wildman–Crippen LogP) is 3.07. The summed E-state index contributed by atoms with van der Waals surface area (Å²) in [6.07, 6.45) is 0. The zero-order valence-electron chi connectivity index (χ0n) is 11.0. The van der Waals surface area contributed by atoms with Gasteiger partial charge in [-0.15, -0.1) is 0 Å². The number of hydrogen-bond donors (Lipinski definition) is 0. The van der Waals surface area contributed by atoms with E-state index in [1.54, 1.807) is 0 Å².